The molecule has 0 spiro atoms. The Bertz CT molecular complexity index is 877. The Balaban J connectivity index is 3.89. The third-order valence-electron chi connectivity index (χ3n) is 10.2. The number of rotatable bonds is 41. The van der Waals surface area contributed by atoms with E-state index in [9.17, 15) is 24.3 Å². The maximum Gasteiger partial charge on any atom is 0.308 e. The molecule has 0 aromatic rings. The number of carbonyl (C=O) groups excluding carboxylic acids is 4. The molecule has 0 saturated carbocycles. The largest absolute Gasteiger partial charge is 0.466 e. The average molecular weight is 769 g/mol. The summed E-state index contributed by atoms with van der Waals surface area (Å²) in [5.41, 5.74) is 0. The molecule has 2 atom stereocenters. The second-order valence-corrected chi connectivity index (χ2v) is 15.5. The number of unbranched alkanes of at least 4 members (excludes halogenated alkanes) is 21. The quantitative estimate of drug-likeness (QED) is 0.0367. The van der Waals surface area contributed by atoms with Gasteiger partial charge in [-0.15, -0.1) is 0 Å². The van der Waals surface area contributed by atoms with Gasteiger partial charge in [0.15, 0.2) is 0 Å². The predicted octanol–water partition coefficient (Wildman–Crippen LogP) is 11.5. The molecular formula is C45H84O9. The highest BCUT2D eigenvalue weighted by atomic mass is 16.6. The zero-order valence-corrected chi connectivity index (χ0v) is 35.3. The van der Waals surface area contributed by atoms with Crippen molar-refractivity contribution in [3.05, 3.63) is 0 Å². The van der Waals surface area contributed by atoms with Gasteiger partial charge in [-0.1, -0.05) is 156 Å². The molecule has 0 radical (unpaired) electrons. The van der Waals surface area contributed by atoms with Gasteiger partial charge < -0.3 is 24.1 Å². The summed E-state index contributed by atoms with van der Waals surface area (Å²) in [7, 11) is 0. The monoisotopic (exact) mass is 769 g/mol. The molecule has 1 N–H and O–H groups in total. The molecule has 9 heteroatoms. The minimum atomic E-state index is -0.460. The van der Waals surface area contributed by atoms with Crippen molar-refractivity contribution in [3.63, 3.8) is 0 Å². The molecule has 0 saturated heterocycles. The highest BCUT2D eigenvalue weighted by Crippen LogP contribution is 2.21. The van der Waals surface area contributed by atoms with Crippen molar-refractivity contribution in [3.8, 4) is 0 Å². The zero-order chi connectivity index (χ0) is 39.7. The fraction of sp³-hybridized carbons (Fsp3) is 0.911. The second kappa shape index (κ2) is 40.5. The van der Waals surface area contributed by atoms with Crippen LogP contribution in [0.1, 0.15) is 220 Å². The Morgan fingerprint density at radius 3 is 1.19 bits per heavy atom. The molecule has 0 rings (SSSR count). The SMILES string of the molecule is CCCCCCCCCCOC(=O)CCCCCC(=O)OCC(CO)COC(=O)CCCCCCCOC(=O)C(CCCCCC)CCCCCCCC. The van der Waals surface area contributed by atoms with Crippen molar-refractivity contribution in [2.45, 2.75) is 220 Å². The summed E-state index contributed by atoms with van der Waals surface area (Å²) < 4.78 is 21.6. The molecule has 2 unspecified atom stereocenters. The summed E-state index contributed by atoms with van der Waals surface area (Å²) in [6.07, 6.45) is 30.9. The fourth-order valence-electron chi connectivity index (χ4n) is 6.49. The van der Waals surface area contributed by atoms with Gasteiger partial charge in [-0.25, -0.2) is 0 Å². The first-order valence-corrected chi connectivity index (χ1v) is 22.6. The molecule has 0 heterocycles. The average Bonchev–Trinajstić information content (AvgIpc) is 3.17. The summed E-state index contributed by atoms with van der Waals surface area (Å²) in [5.74, 6) is -1.30. The van der Waals surface area contributed by atoms with Gasteiger partial charge in [0.25, 0.3) is 0 Å². The molecule has 0 fully saturated rings. The summed E-state index contributed by atoms with van der Waals surface area (Å²) >= 11 is 0. The number of aliphatic hydroxyl groups is 1. The number of aliphatic hydroxyl groups excluding tert-OH is 1. The predicted molar refractivity (Wildman–Crippen MR) is 218 cm³/mol. The van der Waals surface area contributed by atoms with Gasteiger partial charge in [-0.2, -0.15) is 0 Å². The first kappa shape index (κ1) is 51.8. The normalized spacial score (nSPS) is 12.3. The second-order valence-electron chi connectivity index (χ2n) is 15.5. The van der Waals surface area contributed by atoms with Crippen molar-refractivity contribution < 1.29 is 43.2 Å². The number of hydrogen-bond donors (Lipinski definition) is 1. The molecule has 0 aromatic heterocycles. The molecule has 0 amide bonds. The van der Waals surface area contributed by atoms with Crippen LogP contribution in [0.2, 0.25) is 0 Å². The van der Waals surface area contributed by atoms with Crippen molar-refractivity contribution in [1.82, 2.24) is 0 Å². The molecule has 0 aliphatic rings. The van der Waals surface area contributed by atoms with Gasteiger partial charge >= 0.3 is 23.9 Å². The molecule has 0 aliphatic heterocycles. The van der Waals surface area contributed by atoms with Crippen LogP contribution in [0.5, 0.6) is 0 Å². The van der Waals surface area contributed by atoms with E-state index in [0.717, 1.165) is 70.6 Å². The Kier molecular flexibility index (Phi) is 38.9. The van der Waals surface area contributed by atoms with Crippen LogP contribution in [-0.2, 0) is 38.1 Å². The first-order valence-electron chi connectivity index (χ1n) is 22.6. The topological polar surface area (TPSA) is 125 Å². The smallest absolute Gasteiger partial charge is 0.308 e. The molecule has 9 nitrogen and oxygen atoms in total. The van der Waals surface area contributed by atoms with Crippen LogP contribution >= 0.6 is 0 Å². The fourth-order valence-corrected chi connectivity index (χ4v) is 6.49. The van der Waals surface area contributed by atoms with Gasteiger partial charge in [-0.3, -0.25) is 19.2 Å². The van der Waals surface area contributed by atoms with Gasteiger partial charge in [0.05, 0.1) is 44.9 Å². The number of esters is 4. The van der Waals surface area contributed by atoms with Crippen LogP contribution in [0.3, 0.4) is 0 Å². The lowest BCUT2D eigenvalue weighted by Crippen LogP contribution is -2.23. The lowest BCUT2D eigenvalue weighted by Gasteiger charge is -2.16. The molecule has 0 aliphatic carbocycles. The van der Waals surface area contributed by atoms with Crippen LogP contribution in [0.25, 0.3) is 0 Å². The zero-order valence-electron chi connectivity index (χ0n) is 35.3. The van der Waals surface area contributed by atoms with Crippen molar-refractivity contribution in [1.29, 1.82) is 0 Å². The number of carbonyl (C=O) groups is 4. The van der Waals surface area contributed by atoms with E-state index in [1.165, 1.54) is 89.9 Å². The van der Waals surface area contributed by atoms with E-state index < -0.39 is 5.92 Å². The Hall–Kier alpha value is -2.16. The Morgan fingerprint density at radius 2 is 0.741 bits per heavy atom. The van der Waals surface area contributed by atoms with Crippen LogP contribution < -0.4 is 0 Å². The van der Waals surface area contributed by atoms with E-state index in [-0.39, 0.29) is 56.0 Å². The third kappa shape index (κ3) is 35.5. The third-order valence-corrected chi connectivity index (χ3v) is 10.2. The maximum absolute atomic E-state index is 12.8. The Labute approximate surface area is 331 Å². The van der Waals surface area contributed by atoms with Gasteiger partial charge in [-0.05, 0) is 44.9 Å². The molecule has 0 bridgehead atoms. The Morgan fingerprint density at radius 1 is 0.407 bits per heavy atom. The summed E-state index contributed by atoms with van der Waals surface area (Å²) in [4.78, 5) is 49.1. The highest BCUT2D eigenvalue weighted by Gasteiger charge is 2.19. The van der Waals surface area contributed by atoms with E-state index >= 15 is 0 Å². The number of hydrogen-bond acceptors (Lipinski definition) is 9. The standard InChI is InChI=1S/C45H84O9/c1-4-7-10-13-15-16-20-28-35-51-42(47)32-26-22-27-34-44(49)54-39-40(37-46)38-53-43(48)33-25-19-17-21-29-36-52-45(50)41(30-23-12-9-6-3)31-24-18-14-11-8-5-2/h40-41,46H,4-39H2,1-3H3. The highest BCUT2D eigenvalue weighted by molar-refractivity contribution is 5.72. The summed E-state index contributed by atoms with van der Waals surface area (Å²) in [6.45, 7) is 7.37. The molecule has 0 aromatic carbocycles. The lowest BCUT2D eigenvalue weighted by molar-refractivity contribution is -0.151. The number of ether oxygens (including phenoxy) is 4. The van der Waals surface area contributed by atoms with Crippen LogP contribution in [0.4, 0.5) is 0 Å². The molecule has 318 valence electrons. The van der Waals surface area contributed by atoms with E-state index in [1.54, 1.807) is 0 Å². The van der Waals surface area contributed by atoms with E-state index in [1.807, 2.05) is 0 Å². The van der Waals surface area contributed by atoms with Crippen molar-refractivity contribution >= 4 is 23.9 Å². The van der Waals surface area contributed by atoms with Gasteiger partial charge in [0, 0.05) is 19.3 Å². The minimum Gasteiger partial charge on any atom is -0.466 e. The lowest BCUT2D eigenvalue weighted by atomic mass is 9.94. The summed E-state index contributed by atoms with van der Waals surface area (Å²) in [6, 6.07) is 0. The first-order chi connectivity index (χ1) is 26.4. The molecule has 54 heavy (non-hydrogen) atoms. The van der Waals surface area contributed by atoms with Crippen LogP contribution in [-0.4, -0.2) is 62.0 Å². The van der Waals surface area contributed by atoms with E-state index in [0.29, 0.717) is 45.3 Å². The van der Waals surface area contributed by atoms with Crippen LogP contribution in [0.15, 0.2) is 0 Å². The van der Waals surface area contributed by atoms with E-state index in [4.69, 9.17) is 18.9 Å². The van der Waals surface area contributed by atoms with Crippen molar-refractivity contribution in [2.24, 2.45) is 11.8 Å². The maximum atomic E-state index is 12.8. The van der Waals surface area contributed by atoms with Crippen LogP contribution in [0, 0.1) is 11.8 Å². The summed E-state index contributed by atoms with van der Waals surface area (Å²) in [5, 5.41) is 9.65. The van der Waals surface area contributed by atoms with E-state index in [2.05, 4.69) is 20.8 Å². The van der Waals surface area contributed by atoms with Crippen molar-refractivity contribution in [2.75, 3.05) is 33.0 Å². The molecular weight excluding hydrogens is 684 g/mol. The van der Waals surface area contributed by atoms with Gasteiger partial charge in [0.1, 0.15) is 0 Å². The van der Waals surface area contributed by atoms with Gasteiger partial charge in [0.2, 0.25) is 0 Å². The minimum absolute atomic E-state index is 0.00307.